The number of carbonyl (C=O) groups is 1. The van der Waals surface area contributed by atoms with Gasteiger partial charge in [0.25, 0.3) is 0 Å². The Bertz CT molecular complexity index is 752. The van der Waals surface area contributed by atoms with Crippen LogP contribution in [0.15, 0.2) is 0 Å². The quantitative estimate of drug-likeness (QED) is 0.460. The van der Waals surface area contributed by atoms with Crippen LogP contribution in [0.3, 0.4) is 0 Å². The second-order valence-electron chi connectivity index (χ2n) is 14.6. The fourth-order valence-corrected chi connectivity index (χ4v) is 10.1. The van der Waals surface area contributed by atoms with Gasteiger partial charge in [0.15, 0.2) is 8.32 Å². The van der Waals surface area contributed by atoms with Gasteiger partial charge in [0, 0.05) is 12.0 Å². The van der Waals surface area contributed by atoms with Crippen molar-refractivity contribution in [1.82, 2.24) is 0 Å². The maximum atomic E-state index is 12.6. The summed E-state index contributed by atoms with van der Waals surface area (Å²) in [6.07, 6.45) is 9.04. The molecule has 0 unspecified atom stereocenters. The summed E-state index contributed by atoms with van der Waals surface area (Å²) in [4.78, 5) is 12.6. The molecule has 0 spiro atoms. The van der Waals surface area contributed by atoms with E-state index >= 15 is 0 Å². The highest BCUT2D eigenvalue weighted by atomic mass is 28.4. The van der Waals surface area contributed by atoms with E-state index in [1.807, 2.05) is 6.92 Å². The molecular formula is C28H50O3Si. The van der Waals surface area contributed by atoms with E-state index in [0.29, 0.717) is 34.9 Å². The van der Waals surface area contributed by atoms with Crippen molar-refractivity contribution < 1.29 is 14.3 Å². The van der Waals surface area contributed by atoms with E-state index < -0.39 is 13.9 Å². The number of carbonyl (C=O) groups excluding carboxylic acids is 1. The van der Waals surface area contributed by atoms with Crippen molar-refractivity contribution in [1.29, 1.82) is 0 Å². The van der Waals surface area contributed by atoms with Crippen LogP contribution in [-0.2, 0) is 9.22 Å². The largest absolute Gasteiger partial charge is 0.414 e. The van der Waals surface area contributed by atoms with Gasteiger partial charge in [-0.25, -0.2) is 0 Å². The Morgan fingerprint density at radius 1 is 0.969 bits per heavy atom. The molecular weight excluding hydrogens is 412 g/mol. The lowest BCUT2D eigenvalue weighted by atomic mass is 9.43. The molecule has 9 atom stereocenters. The maximum absolute atomic E-state index is 12.6. The molecule has 4 heteroatoms. The number of ketones is 1. The maximum Gasteiger partial charge on any atom is 0.192 e. The standard InChI is InChI=1S/C28H50O3Si/c1-18(29)20-10-11-21-24-22(12-13-28(20,21)7)27(6)15-14-26(5,30)17-19(27)16-23(24)31-32(8,9)25(2,3)4/h19-24,30H,10-17H2,1-9H3/t19-,20+,21-,22-,23+,24-,26+,27-,28+/m0/s1. The van der Waals surface area contributed by atoms with Gasteiger partial charge >= 0.3 is 0 Å². The molecule has 0 aliphatic heterocycles. The predicted molar refractivity (Wildman–Crippen MR) is 134 cm³/mol. The number of aliphatic hydroxyl groups is 1. The number of hydrogen-bond acceptors (Lipinski definition) is 3. The molecule has 1 N–H and O–H groups in total. The van der Waals surface area contributed by atoms with E-state index in [4.69, 9.17) is 4.43 Å². The van der Waals surface area contributed by atoms with Gasteiger partial charge in [-0.1, -0.05) is 34.6 Å². The normalized spacial score (nSPS) is 49.2. The molecule has 0 aromatic carbocycles. The minimum Gasteiger partial charge on any atom is -0.414 e. The van der Waals surface area contributed by atoms with Crippen molar-refractivity contribution in [2.45, 2.75) is 130 Å². The Balaban J connectivity index is 1.74. The molecule has 4 saturated carbocycles. The zero-order valence-corrected chi connectivity index (χ0v) is 23.4. The van der Waals surface area contributed by atoms with Crippen LogP contribution in [0.1, 0.15) is 99.8 Å². The fraction of sp³-hybridized carbons (Fsp3) is 0.964. The summed E-state index contributed by atoms with van der Waals surface area (Å²) in [7, 11) is -1.92. The summed E-state index contributed by atoms with van der Waals surface area (Å²) in [6.45, 7) is 20.7. The van der Waals surface area contributed by atoms with E-state index in [1.54, 1.807) is 0 Å². The van der Waals surface area contributed by atoms with Crippen LogP contribution < -0.4 is 0 Å². The Morgan fingerprint density at radius 2 is 1.59 bits per heavy atom. The van der Waals surface area contributed by atoms with Crippen molar-refractivity contribution >= 4 is 14.1 Å². The lowest BCUT2D eigenvalue weighted by Gasteiger charge is -2.64. The number of hydrogen-bond donors (Lipinski definition) is 1. The van der Waals surface area contributed by atoms with E-state index in [0.717, 1.165) is 32.1 Å². The Kier molecular flexibility index (Phi) is 5.96. The summed E-state index contributed by atoms with van der Waals surface area (Å²) >= 11 is 0. The first-order valence-corrected chi connectivity index (χ1v) is 16.3. The van der Waals surface area contributed by atoms with E-state index in [-0.39, 0.29) is 22.5 Å². The van der Waals surface area contributed by atoms with Crippen molar-refractivity contribution in [2.75, 3.05) is 0 Å². The molecule has 0 heterocycles. The Hall–Kier alpha value is -0.193. The molecule has 184 valence electrons. The molecule has 4 aliphatic carbocycles. The smallest absolute Gasteiger partial charge is 0.192 e. The topological polar surface area (TPSA) is 46.5 Å². The minimum atomic E-state index is -1.92. The molecule has 4 rings (SSSR count). The van der Waals surface area contributed by atoms with Gasteiger partial charge in [-0.15, -0.1) is 0 Å². The van der Waals surface area contributed by atoms with E-state index in [2.05, 4.69) is 54.6 Å². The van der Waals surface area contributed by atoms with Crippen LogP contribution in [-0.4, -0.2) is 30.9 Å². The second-order valence-corrected chi connectivity index (χ2v) is 19.4. The first-order valence-electron chi connectivity index (χ1n) is 13.4. The zero-order chi connectivity index (χ0) is 23.9. The third-order valence-corrected chi connectivity index (χ3v) is 16.2. The number of fused-ring (bicyclic) bond motifs is 5. The van der Waals surface area contributed by atoms with Gasteiger partial charge in [0.05, 0.1) is 5.60 Å². The van der Waals surface area contributed by atoms with Crippen LogP contribution in [0, 0.1) is 40.4 Å². The predicted octanol–water partition coefficient (Wildman–Crippen LogP) is 6.99. The Labute approximate surface area is 198 Å². The summed E-state index contributed by atoms with van der Waals surface area (Å²) in [6, 6.07) is 0. The van der Waals surface area contributed by atoms with Crippen molar-refractivity contribution in [3.8, 4) is 0 Å². The average Bonchev–Trinajstić information content (AvgIpc) is 2.99. The molecule has 0 saturated heterocycles. The molecule has 4 aliphatic rings. The van der Waals surface area contributed by atoms with Crippen LogP contribution in [0.4, 0.5) is 0 Å². The highest BCUT2D eigenvalue weighted by molar-refractivity contribution is 6.74. The molecule has 3 nitrogen and oxygen atoms in total. The van der Waals surface area contributed by atoms with E-state index in [9.17, 15) is 9.90 Å². The van der Waals surface area contributed by atoms with E-state index in [1.165, 1.54) is 19.3 Å². The molecule has 0 amide bonds. The number of Topliss-reactive ketones (excluding diaryl/α,β-unsaturated/α-hetero) is 1. The third-order valence-electron chi connectivity index (χ3n) is 11.7. The molecule has 0 radical (unpaired) electrons. The first kappa shape index (κ1) is 24.9. The van der Waals surface area contributed by atoms with Crippen LogP contribution in [0.2, 0.25) is 18.1 Å². The van der Waals surface area contributed by atoms with Gasteiger partial charge in [0.2, 0.25) is 0 Å². The summed E-state index contributed by atoms with van der Waals surface area (Å²) in [5.74, 6) is 3.01. The molecule has 32 heavy (non-hydrogen) atoms. The fourth-order valence-electron chi connectivity index (χ4n) is 8.72. The highest BCUT2D eigenvalue weighted by Crippen LogP contribution is 2.68. The van der Waals surface area contributed by atoms with Crippen molar-refractivity contribution in [3.63, 3.8) is 0 Å². The van der Waals surface area contributed by atoms with Gasteiger partial charge in [0.1, 0.15) is 5.78 Å². The van der Waals surface area contributed by atoms with Crippen LogP contribution >= 0.6 is 0 Å². The summed E-state index contributed by atoms with van der Waals surface area (Å²) in [5, 5.41) is 11.2. The molecule has 0 aromatic rings. The molecule has 4 fully saturated rings. The van der Waals surface area contributed by atoms with Gasteiger partial charge in [-0.05, 0) is 118 Å². The summed E-state index contributed by atoms with van der Waals surface area (Å²) in [5.41, 5.74) is -0.0873. The monoisotopic (exact) mass is 462 g/mol. The zero-order valence-electron chi connectivity index (χ0n) is 22.4. The molecule has 0 bridgehead atoms. The first-order chi connectivity index (χ1) is 14.5. The highest BCUT2D eigenvalue weighted by Gasteiger charge is 2.64. The SMILES string of the molecule is CC(=O)[C@H]1CC[C@H]2[C@@H]3[C@H](O[Si](C)(C)C(C)(C)C)C[C@H]4C[C@](C)(O)CC[C@]4(C)[C@H]3CC[C@]12C. The lowest BCUT2D eigenvalue weighted by molar-refractivity contribution is -0.182. The Morgan fingerprint density at radius 3 is 2.19 bits per heavy atom. The van der Waals surface area contributed by atoms with Gasteiger partial charge in [-0.3, -0.25) is 4.79 Å². The second kappa shape index (κ2) is 7.65. The average molecular weight is 463 g/mol. The third kappa shape index (κ3) is 3.79. The van der Waals surface area contributed by atoms with Gasteiger partial charge in [-0.2, -0.15) is 0 Å². The summed E-state index contributed by atoms with van der Waals surface area (Å²) < 4.78 is 7.30. The van der Waals surface area contributed by atoms with Crippen molar-refractivity contribution in [2.24, 2.45) is 40.4 Å². The van der Waals surface area contributed by atoms with Crippen LogP contribution in [0.25, 0.3) is 0 Å². The molecule has 0 aromatic heterocycles. The minimum absolute atomic E-state index is 0.144. The van der Waals surface area contributed by atoms with Crippen molar-refractivity contribution in [3.05, 3.63) is 0 Å². The lowest BCUT2D eigenvalue weighted by Crippen LogP contribution is -2.62. The number of rotatable bonds is 3. The van der Waals surface area contributed by atoms with Gasteiger partial charge < -0.3 is 9.53 Å². The van der Waals surface area contributed by atoms with Crippen LogP contribution in [0.5, 0.6) is 0 Å².